The number of nitro benzene ring substituents is 1. The second-order valence-corrected chi connectivity index (χ2v) is 8.33. The molecule has 1 amide bonds. The number of ether oxygens (including phenoxy) is 4. The Morgan fingerprint density at radius 1 is 1.33 bits per heavy atom. The SMILES string of the molecule is CC(C)(C)OC(=O)N1CCC[C@H](C(=O)OCc2cc([N+](=O)[O-])cc3c2OCOC3)C1. The maximum Gasteiger partial charge on any atom is 0.410 e. The highest BCUT2D eigenvalue weighted by Crippen LogP contribution is 2.33. The molecule has 0 saturated carbocycles. The van der Waals surface area contributed by atoms with Gasteiger partial charge in [-0.15, -0.1) is 0 Å². The number of amides is 1. The number of esters is 1. The van der Waals surface area contributed by atoms with E-state index in [4.69, 9.17) is 18.9 Å². The van der Waals surface area contributed by atoms with Gasteiger partial charge in [-0.1, -0.05) is 0 Å². The van der Waals surface area contributed by atoms with Gasteiger partial charge >= 0.3 is 12.1 Å². The van der Waals surface area contributed by atoms with Gasteiger partial charge in [-0.05, 0) is 33.6 Å². The smallest absolute Gasteiger partial charge is 0.410 e. The molecular formula is C20H26N2O8. The monoisotopic (exact) mass is 422 g/mol. The van der Waals surface area contributed by atoms with Crippen LogP contribution in [0.1, 0.15) is 44.7 Å². The van der Waals surface area contributed by atoms with Crippen LogP contribution in [0, 0.1) is 16.0 Å². The number of carbonyl (C=O) groups is 2. The molecule has 2 heterocycles. The maximum absolute atomic E-state index is 12.6. The molecule has 1 saturated heterocycles. The van der Waals surface area contributed by atoms with Crippen LogP contribution < -0.4 is 4.74 Å². The Bertz CT molecular complexity index is 833. The number of nitro groups is 1. The molecule has 3 rings (SSSR count). The summed E-state index contributed by atoms with van der Waals surface area (Å²) >= 11 is 0. The van der Waals surface area contributed by atoms with Gasteiger partial charge in [0.05, 0.1) is 17.4 Å². The van der Waals surface area contributed by atoms with E-state index >= 15 is 0 Å². The number of hydrogen-bond acceptors (Lipinski definition) is 8. The number of fused-ring (bicyclic) bond motifs is 1. The van der Waals surface area contributed by atoms with Crippen molar-refractivity contribution < 1.29 is 33.5 Å². The molecule has 0 unspecified atom stereocenters. The number of nitrogens with zero attached hydrogens (tertiary/aromatic N) is 2. The molecule has 0 radical (unpaired) electrons. The molecule has 0 bridgehead atoms. The van der Waals surface area contributed by atoms with Crippen LogP contribution in [-0.4, -0.2) is 47.4 Å². The van der Waals surface area contributed by atoms with Gasteiger partial charge in [0.1, 0.15) is 18.0 Å². The standard InChI is InChI=1S/C20H26N2O8/c1-20(2,3)30-19(24)21-6-4-5-13(9-21)18(23)28-11-15-8-16(22(25)26)7-14-10-27-12-29-17(14)15/h7-8,13H,4-6,9-12H2,1-3H3/t13-/m0/s1. The summed E-state index contributed by atoms with van der Waals surface area (Å²) in [6.07, 6.45) is 0.794. The van der Waals surface area contributed by atoms with E-state index in [-0.39, 0.29) is 32.2 Å². The predicted molar refractivity (Wildman–Crippen MR) is 104 cm³/mol. The predicted octanol–water partition coefficient (Wildman–Crippen LogP) is 3.15. The van der Waals surface area contributed by atoms with Crippen molar-refractivity contribution in [2.75, 3.05) is 19.9 Å². The van der Waals surface area contributed by atoms with Crippen molar-refractivity contribution in [1.29, 1.82) is 0 Å². The van der Waals surface area contributed by atoms with Gasteiger partial charge in [-0.25, -0.2) is 4.79 Å². The van der Waals surface area contributed by atoms with Crippen molar-refractivity contribution in [3.05, 3.63) is 33.4 Å². The van der Waals surface area contributed by atoms with Crippen LogP contribution in [0.5, 0.6) is 5.75 Å². The van der Waals surface area contributed by atoms with Gasteiger partial charge in [0.15, 0.2) is 6.79 Å². The molecule has 2 aliphatic heterocycles. The third-order valence-electron chi connectivity index (χ3n) is 4.76. The summed E-state index contributed by atoms with van der Waals surface area (Å²) in [5.41, 5.74) is 0.212. The van der Waals surface area contributed by atoms with Gasteiger partial charge in [-0.2, -0.15) is 0 Å². The third kappa shape index (κ3) is 5.38. The lowest BCUT2D eigenvalue weighted by Crippen LogP contribution is -2.45. The first kappa shape index (κ1) is 21.8. The molecule has 0 spiro atoms. The number of piperidine rings is 1. The van der Waals surface area contributed by atoms with Crippen LogP contribution in [0.25, 0.3) is 0 Å². The van der Waals surface area contributed by atoms with E-state index in [0.29, 0.717) is 36.3 Å². The first-order valence-corrected chi connectivity index (χ1v) is 9.79. The van der Waals surface area contributed by atoms with Gasteiger partial charge < -0.3 is 23.8 Å². The van der Waals surface area contributed by atoms with E-state index in [9.17, 15) is 19.7 Å². The number of rotatable bonds is 4. The molecule has 2 aliphatic rings. The summed E-state index contributed by atoms with van der Waals surface area (Å²) in [7, 11) is 0. The number of hydrogen-bond donors (Lipinski definition) is 0. The minimum absolute atomic E-state index is 0.0270. The van der Waals surface area contributed by atoms with Crippen LogP contribution in [0.2, 0.25) is 0 Å². The maximum atomic E-state index is 12.6. The lowest BCUT2D eigenvalue weighted by Gasteiger charge is -2.33. The van der Waals surface area contributed by atoms with Crippen molar-refractivity contribution in [3.8, 4) is 5.75 Å². The number of non-ortho nitro benzene ring substituents is 1. The zero-order valence-corrected chi connectivity index (χ0v) is 17.3. The van der Waals surface area contributed by atoms with Crippen molar-refractivity contribution in [2.24, 2.45) is 5.92 Å². The van der Waals surface area contributed by atoms with Gasteiger partial charge in [-0.3, -0.25) is 14.9 Å². The molecule has 1 aromatic rings. The van der Waals surface area contributed by atoms with Crippen LogP contribution >= 0.6 is 0 Å². The van der Waals surface area contributed by atoms with Gasteiger partial charge in [0.25, 0.3) is 5.69 Å². The lowest BCUT2D eigenvalue weighted by molar-refractivity contribution is -0.385. The first-order chi connectivity index (χ1) is 14.1. The highest BCUT2D eigenvalue weighted by atomic mass is 16.7. The Balaban J connectivity index is 1.65. The van der Waals surface area contributed by atoms with Crippen molar-refractivity contribution in [2.45, 2.75) is 52.4 Å². The molecule has 0 aromatic heterocycles. The number of likely N-dealkylation sites (tertiary alicyclic amines) is 1. The van der Waals surface area contributed by atoms with E-state index < -0.39 is 28.5 Å². The normalized spacial score (nSPS) is 18.8. The fraction of sp³-hybridized carbons (Fsp3) is 0.600. The number of benzene rings is 1. The Morgan fingerprint density at radius 3 is 2.80 bits per heavy atom. The average Bonchev–Trinajstić information content (AvgIpc) is 2.70. The molecule has 1 atom stereocenters. The van der Waals surface area contributed by atoms with Crippen molar-refractivity contribution >= 4 is 17.7 Å². The van der Waals surface area contributed by atoms with Gasteiger partial charge in [0, 0.05) is 36.3 Å². The Hall–Kier alpha value is -2.88. The summed E-state index contributed by atoms with van der Waals surface area (Å²) in [5, 5.41) is 11.2. The third-order valence-corrected chi connectivity index (χ3v) is 4.76. The molecule has 164 valence electrons. The lowest BCUT2D eigenvalue weighted by atomic mass is 9.98. The van der Waals surface area contributed by atoms with Gasteiger partial charge in [0.2, 0.25) is 0 Å². The van der Waals surface area contributed by atoms with E-state index in [1.807, 2.05) is 0 Å². The summed E-state index contributed by atoms with van der Waals surface area (Å²) in [6.45, 7) is 6.14. The molecule has 10 nitrogen and oxygen atoms in total. The average molecular weight is 422 g/mol. The minimum Gasteiger partial charge on any atom is -0.467 e. The fourth-order valence-electron chi connectivity index (χ4n) is 3.42. The second kappa shape index (κ2) is 8.86. The zero-order valence-electron chi connectivity index (χ0n) is 17.3. The van der Waals surface area contributed by atoms with Crippen LogP contribution in [0.4, 0.5) is 10.5 Å². The zero-order chi connectivity index (χ0) is 21.9. The van der Waals surface area contributed by atoms with E-state index in [2.05, 4.69) is 0 Å². The minimum atomic E-state index is -0.616. The molecular weight excluding hydrogens is 396 g/mol. The van der Waals surface area contributed by atoms with Crippen molar-refractivity contribution in [1.82, 2.24) is 4.90 Å². The van der Waals surface area contributed by atoms with Crippen LogP contribution in [-0.2, 0) is 32.2 Å². The van der Waals surface area contributed by atoms with E-state index in [0.717, 1.165) is 0 Å². The quantitative estimate of drug-likeness (QED) is 0.413. The highest BCUT2D eigenvalue weighted by molar-refractivity contribution is 5.75. The number of carbonyl (C=O) groups excluding carboxylic acids is 2. The topological polar surface area (TPSA) is 117 Å². The Kier molecular flexibility index (Phi) is 6.45. The molecule has 0 aliphatic carbocycles. The Morgan fingerprint density at radius 2 is 2.10 bits per heavy atom. The molecule has 1 aromatic carbocycles. The molecule has 0 N–H and O–H groups in total. The summed E-state index contributed by atoms with van der Waals surface area (Å²) in [4.78, 5) is 37.1. The summed E-state index contributed by atoms with van der Waals surface area (Å²) < 4.78 is 21.4. The summed E-state index contributed by atoms with van der Waals surface area (Å²) in [6, 6.07) is 2.73. The Labute approximate surface area is 174 Å². The molecule has 30 heavy (non-hydrogen) atoms. The van der Waals surface area contributed by atoms with Crippen LogP contribution in [0.15, 0.2) is 12.1 Å². The van der Waals surface area contributed by atoms with E-state index in [1.54, 1.807) is 20.8 Å². The molecule has 10 heteroatoms. The first-order valence-electron chi connectivity index (χ1n) is 9.79. The fourth-order valence-corrected chi connectivity index (χ4v) is 3.42. The largest absolute Gasteiger partial charge is 0.467 e. The van der Waals surface area contributed by atoms with Crippen LogP contribution in [0.3, 0.4) is 0 Å². The highest BCUT2D eigenvalue weighted by Gasteiger charge is 2.32. The summed E-state index contributed by atoms with van der Waals surface area (Å²) in [5.74, 6) is -0.501. The van der Waals surface area contributed by atoms with E-state index in [1.165, 1.54) is 17.0 Å². The second-order valence-electron chi connectivity index (χ2n) is 8.33. The van der Waals surface area contributed by atoms with Crippen molar-refractivity contribution in [3.63, 3.8) is 0 Å². The molecule has 1 fully saturated rings.